The molecule has 3 rings (SSSR count). The van der Waals surface area contributed by atoms with Crippen LogP contribution in [0.4, 0.5) is 0 Å². The number of esters is 1. The Hall–Kier alpha value is -2.01. The molecular formula is C20H24O5. The zero-order valence-corrected chi connectivity index (χ0v) is 15.0. The van der Waals surface area contributed by atoms with Gasteiger partial charge in [-0.2, -0.15) is 0 Å². The molecule has 134 valence electrons. The average Bonchev–Trinajstić information content (AvgIpc) is 3.06. The Morgan fingerprint density at radius 3 is 2.72 bits per heavy atom. The molecule has 0 saturated carbocycles. The summed E-state index contributed by atoms with van der Waals surface area (Å²) >= 11 is 0. The first-order valence-corrected chi connectivity index (χ1v) is 8.70. The van der Waals surface area contributed by atoms with Gasteiger partial charge in [0, 0.05) is 18.4 Å². The number of epoxide rings is 1. The SMILES string of the molecule is C=C(C)C1CCC2=C[C@H](C[C@]3(C)O[C@@H]3C(=O)/C=C(\C)C(=O)C1)OC2=O. The lowest BCUT2D eigenvalue weighted by Crippen LogP contribution is -2.23. The number of carbonyl (C=O) groups is 3. The van der Waals surface area contributed by atoms with Crippen LogP contribution in [0.5, 0.6) is 0 Å². The van der Waals surface area contributed by atoms with Gasteiger partial charge in [0.25, 0.3) is 0 Å². The van der Waals surface area contributed by atoms with Crippen LogP contribution in [-0.4, -0.2) is 35.3 Å². The van der Waals surface area contributed by atoms with E-state index in [1.807, 2.05) is 19.9 Å². The maximum Gasteiger partial charge on any atom is 0.334 e. The van der Waals surface area contributed by atoms with Crippen LogP contribution < -0.4 is 0 Å². The smallest absolute Gasteiger partial charge is 0.334 e. The number of carbonyl (C=O) groups excluding carboxylic acids is 3. The highest BCUT2D eigenvalue weighted by Gasteiger charge is 2.57. The predicted molar refractivity (Wildman–Crippen MR) is 91.8 cm³/mol. The molecule has 1 aliphatic carbocycles. The van der Waals surface area contributed by atoms with Gasteiger partial charge in [-0.1, -0.05) is 12.2 Å². The number of fused-ring (bicyclic) bond motifs is 2. The normalized spacial score (nSPS) is 38.0. The third-order valence-corrected chi connectivity index (χ3v) is 5.35. The molecule has 3 aliphatic rings. The summed E-state index contributed by atoms with van der Waals surface area (Å²) in [6.07, 6.45) is 4.25. The molecule has 0 aromatic rings. The molecular weight excluding hydrogens is 320 g/mol. The lowest BCUT2D eigenvalue weighted by Gasteiger charge is -2.16. The van der Waals surface area contributed by atoms with Gasteiger partial charge < -0.3 is 9.47 Å². The number of rotatable bonds is 1. The lowest BCUT2D eigenvalue weighted by atomic mass is 9.87. The van der Waals surface area contributed by atoms with Gasteiger partial charge in [0.1, 0.15) is 17.8 Å². The van der Waals surface area contributed by atoms with Gasteiger partial charge in [-0.3, -0.25) is 9.59 Å². The second-order valence-corrected chi connectivity index (χ2v) is 7.59. The van der Waals surface area contributed by atoms with E-state index < -0.39 is 11.7 Å². The minimum absolute atomic E-state index is 0.0240. The summed E-state index contributed by atoms with van der Waals surface area (Å²) in [5.41, 5.74) is 1.35. The second kappa shape index (κ2) is 6.37. The van der Waals surface area contributed by atoms with Crippen molar-refractivity contribution in [1.29, 1.82) is 0 Å². The van der Waals surface area contributed by atoms with Crippen LogP contribution in [0.3, 0.4) is 0 Å². The van der Waals surface area contributed by atoms with E-state index in [-0.39, 0.29) is 29.6 Å². The van der Waals surface area contributed by atoms with Crippen LogP contribution in [0.1, 0.15) is 46.5 Å². The molecule has 0 spiro atoms. The number of hydrogen-bond acceptors (Lipinski definition) is 5. The summed E-state index contributed by atoms with van der Waals surface area (Å²) in [7, 11) is 0. The monoisotopic (exact) mass is 344 g/mol. The molecule has 0 radical (unpaired) electrons. The highest BCUT2D eigenvalue weighted by molar-refractivity contribution is 6.05. The molecule has 25 heavy (non-hydrogen) atoms. The van der Waals surface area contributed by atoms with E-state index in [9.17, 15) is 14.4 Å². The van der Waals surface area contributed by atoms with Crippen molar-refractivity contribution < 1.29 is 23.9 Å². The molecule has 1 saturated heterocycles. The summed E-state index contributed by atoms with van der Waals surface area (Å²) in [6.45, 7) is 9.36. The highest BCUT2D eigenvalue weighted by Crippen LogP contribution is 2.43. The molecule has 2 heterocycles. The van der Waals surface area contributed by atoms with Crippen LogP contribution in [0.15, 0.2) is 35.5 Å². The Balaban J connectivity index is 1.88. The number of hydrogen-bond donors (Lipinski definition) is 0. The number of Topliss-reactive ketones (excluding diaryl/α,β-unsaturated/α-hetero) is 1. The topological polar surface area (TPSA) is 73.0 Å². The summed E-state index contributed by atoms with van der Waals surface area (Å²) in [5.74, 6) is -0.607. The Morgan fingerprint density at radius 1 is 1.32 bits per heavy atom. The molecule has 1 unspecified atom stereocenters. The van der Waals surface area contributed by atoms with Crippen molar-refractivity contribution in [3.63, 3.8) is 0 Å². The van der Waals surface area contributed by atoms with Crippen LogP contribution in [0.2, 0.25) is 0 Å². The standard InChI is InChI=1S/C20H24O5/c1-11(2)13-5-6-14-8-15(24-19(14)23)10-20(4)18(25-20)17(22)7-12(3)16(21)9-13/h7-8,13,15,18H,1,5-6,9-10H2,2-4H3/b12-7+/t13?,15-,18-,20+/m1/s1. The minimum Gasteiger partial charge on any atom is -0.455 e. The van der Waals surface area contributed by atoms with E-state index >= 15 is 0 Å². The van der Waals surface area contributed by atoms with Gasteiger partial charge in [-0.25, -0.2) is 4.79 Å². The largest absolute Gasteiger partial charge is 0.455 e. The highest BCUT2D eigenvalue weighted by atomic mass is 16.6. The number of ether oxygens (including phenoxy) is 2. The summed E-state index contributed by atoms with van der Waals surface area (Å²) in [4.78, 5) is 36.9. The van der Waals surface area contributed by atoms with Crippen molar-refractivity contribution in [3.8, 4) is 0 Å². The van der Waals surface area contributed by atoms with Gasteiger partial charge in [-0.05, 0) is 57.3 Å². The second-order valence-electron chi connectivity index (χ2n) is 7.59. The predicted octanol–water partition coefficient (Wildman–Crippen LogP) is 2.85. The molecule has 0 N–H and O–H groups in total. The van der Waals surface area contributed by atoms with Crippen molar-refractivity contribution in [3.05, 3.63) is 35.5 Å². The van der Waals surface area contributed by atoms with E-state index in [1.165, 1.54) is 6.08 Å². The van der Waals surface area contributed by atoms with Crippen molar-refractivity contribution in [1.82, 2.24) is 0 Å². The Kier molecular flexibility index (Phi) is 4.54. The Morgan fingerprint density at radius 2 is 2.04 bits per heavy atom. The maximum atomic E-state index is 12.5. The van der Waals surface area contributed by atoms with Crippen molar-refractivity contribution in [2.45, 2.75) is 64.3 Å². The molecule has 5 heteroatoms. The fraction of sp³-hybridized carbons (Fsp3) is 0.550. The molecule has 2 aliphatic heterocycles. The number of ketones is 2. The number of allylic oxidation sites excluding steroid dienone is 2. The van der Waals surface area contributed by atoms with Gasteiger partial charge in [0.05, 0.1) is 0 Å². The van der Waals surface area contributed by atoms with Gasteiger partial charge >= 0.3 is 5.97 Å². The molecule has 1 fully saturated rings. The van der Waals surface area contributed by atoms with Gasteiger partial charge in [0.15, 0.2) is 11.6 Å². The van der Waals surface area contributed by atoms with Crippen LogP contribution >= 0.6 is 0 Å². The van der Waals surface area contributed by atoms with E-state index in [0.717, 1.165) is 5.57 Å². The average molecular weight is 344 g/mol. The fourth-order valence-electron chi connectivity index (χ4n) is 3.58. The van der Waals surface area contributed by atoms with E-state index in [2.05, 4.69) is 6.58 Å². The summed E-state index contributed by atoms with van der Waals surface area (Å²) < 4.78 is 11.0. The maximum absolute atomic E-state index is 12.5. The van der Waals surface area contributed by atoms with Crippen LogP contribution in [0, 0.1) is 5.92 Å². The van der Waals surface area contributed by atoms with Crippen LogP contribution in [0.25, 0.3) is 0 Å². The zero-order chi connectivity index (χ0) is 18.4. The minimum atomic E-state index is -0.641. The first-order chi connectivity index (χ1) is 11.7. The fourth-order valence-corrected chi connectivity index (χ4v) is 3.58. The Bertz CT molecular complexity index is 714. The zero-order valence-electron chi connectivity index (χ0n) is 15.0. The first kappa shape index (κ1) is 17.8. The molecule has 5 nitrogen and oxygen atoms in total. The summed E-state index contributed by atoms with van der Waals surface area (Å²) in [5, 5.41) is 0. The molecule has 0 aromatic carbocycles. The van der Waals surface area contributed by atoms with Gasteiger partial charge in [-0.15, -0.1) is 0 Å². The molecule has 0 amide bonds. The first-order valence-electron chi connectivity index (χ1n) is 8.70. The van der Waals surface area contributed by atoms with Crippen molar-refractivity contribution >= 4 is 17.5 Å². The van der Waals surface area contributed by atoms with E-state index in [1.54, 1.807) is 6.92 Å². The van der Waals surface area contributed by atoms with E-state index in [4.69, 9.17) is 9.47 Å². The third-order valence-electron chi connectivity index (χ3n) is 5.35. The van der Waals surface area contributed by atoms with Crippen molar-refractivity contribution in [2.75, 3.05) is 0 Å². The lowest BCUT2D eigenvalue weighted by molar-refractivity contribution is -0.140. The van der Waals surface area contributed by atoms with Gasteiger partial charge in [0.2, 0.25) is 0 Å². The van der Waals surface area contributed by atoms with Crippen molar-refractivity contribution in [2.24, 2.45) is 5.92 Å². The van der Waals surface area contributed by atoms with E-state index in [0.29, 0.717) is 36.8 Å². The quantitative estimate of drug-likeness (QED) is 0.415. The Labute approximate surface area is 147 Å². The molecule has 4 atom stereocenters. The summed E-state index contributed by atoms with van der Waals surface area (Å²) in [6, 6.07) is 0. The molecule has 2 bridgehead atoms. The van der Waals surface area contributed by atoms with Crippen LogP contribution in [-0.2, 0) is 23.9 Å². The third kappa shape index (κ3) is 3.66. The molecule has 0 aromatic heterocycles.